The van der Waals surface area contributed by atoms with Gasteiger partial charge in [-0.25, -0.2) is 4.79 Å². The quantitative estimate of drug-likeness (QED) is 0.437. The van der Waals surface area contributed by atoms with Crippen LogP contribution in [0.2, 0.25) is 0 Å². The fraction of sp³-hybridized carbons (Fsp3) is 0.444. The highest BCUT2D eigenvalue weighted by Gasteiger charge is 2.52. The molecule has 3 unspecified atom stereocenters. The smallest absolute Gasteiger partial charge is 0.317 e. The number of carbonyl (C=O) groups excluding carboxylic acids is 1. The lowest BCUT2D eigenvalue weighted by molar-refractivity contribution is -0.143. The molecule has 1 aliphatic carbocycles. The van der Waals surface area contributed by atoms with Crippen molar-refractivity contribution in [2.24, 2.45) is 17.0 Å². The van der Waals surface area contributed by atoms with E-state index in [1.807, 2.05) is 30.3 Å². The van der Waals surface area contributed by atoms with Gasteiger partial charge in [0.15, 0.2) is 0 Å². The Hall–Kier alpha value is -1.75. The maximum Gasteiger partial charge on any atom is 0.345 e. The topological polar surface area (TPSA) is 74.2 Å². The molecule has 0 bridgehead atoms. The molecule has 134 valence electrons. The largest absolute Gasteiger partial charge is 0.345 e. The zero-order chi connectivity index (χ0) is 17.9. The summed E-state index contributed by atoms with van der Waals surface area (Å²) in [6.07, 6.45) is 6.54. The summed E-state index contributed by atoms with van der Waals surface area (Å²) in [5.74, 6) is -1.29. The fourth-order valence-corrected chi connectivity index (χ4v) is 5.67. The molecule has 0 amide bonds. The van der Waals surface area contributed by atoms with Gasteiger partial charge in [-0.15, -0.1) is 0 Å². The van der Waals surface area contributed by atoms with Crippen molar-refractivity contribution in [1.82, 2.24) is 0 Å². The molecule has 0 saturated heterocycles. The SMILES string of the molecule is COP(=O)(OC)C(C1CC=CCC1)C1C(=O)ON=C1c1ccccc1. The predicted octanol–water partition coefficient (Wildman–Crippen LogP) is 3.77. The second-order valence-electron chi connectivity index (χ2n) is 6.17. The van der Waals surface area contributed by atoms with Crippen LogP contribution >= 0.6 is 7.60 Å². The van der Waals surface area contributed by atoms with Crippen LogP contribution in [0.3, 0.4) is 0 Å². The lowest BCUT2D eigenvalue weighted by Crippen LogP contribution is -2.38. The van der Waals surface area contributed by atoms with Crippen LogP contribution in [0, 0.1) is 11.8 Å². The summed E-state index contributed by atoms with van der Waals surface area (Å²) in [6, 6.07) is 9.33. The summed E-state index contributed by atoms with van der Waals surface area (Å²) >= 11 is 0. The van der Waals surface area contributed by atoms with E-state index in [9.17, 15) is 9.36 Å². The van der Waals surface area contributed by atoms with Gasteiger partial charge in [0, 0.05) is 19.8 Å². The Morgan fingerprint density at radius 2 is 1.92 bits per heavy atom. The highest BCUT2D eigenvalue weighted by atomic mass is 31.2. The fourth-order valence-electron chi connectivity index (χ4n) is 3.62. The molecule has 1 aliphatic heterocycles. The van der Waals surface area contributed by atoms with E-state index in [-0.39, 0.29) is 5.92 Å². The number of rotatable bonds is 6. The van der Waals surface area contributed by atoms with Gasteiger partial charge < -0.3 is 13.9 Å². The Bertz CT molecular complexity index is 722. The van der Waals surface area contributed by atoms with Crippen molar-refractivity contribution in [3.05, 3.63) is 48.0 Å². The Balaban J connectivity index is 2.04. The van der Waals surface area contributed by atoms with Crippen molar-refractivity contribution in [1.29, 1.82) is 0 Å². The first-order chi connectivity index (χ1) is 12.1. The van der Waals surface area contributed by atoms with Crippen LogP contribution in [0.15, 0.2) is 47.6 Å². The van der Waals surface area contributed by atoms with E-state index < -0.39 is 25.1 Å². The molecule has 2 aliphatic rings. The molecule has 6 nitrogen and oxygen atoms in total. The molecule has 3 rings (SSSR count). The zero-order valence-corrected chi connectivity index (χ0v) is 15.2. The van der Waals surface area contributed by atoms with E-state index in [2.05, 4.69) is 17.3 Å². The van der Waals surface area contributed by atoms with Gasteiger partial charge in [-0.05, 0) is 25.2 Å². The lowest BCUT2D eigenvalue weighted by atomic mass is 9.82. The third-order valence-corrected chi connectivity index (χ3v) is 7.33. The van der Waals surface area contributed by atoms with Crippen molar-refractivity contribution >= 4 is 19.3 Å². The number of benzene rings is 1. The van der Waals surface area contributed by atoms with E-state index in [0.29, 0.717) is 12.1 Å². The molecule has 3 atom stereocenters. The highest BCUT2D eigenvalue weighted by Crippen LogP contribution is 2.59. The monoisotopic (exact) mass is 363 g/mol. The summed E-state index contributed by atoms with van der Waals surface area (Å²) in [5, 5.41) is 3.98. The first kappa shape index (κ1) is 18.1. The first-order valence-electron chi connectivity index (χ1n) is 8.31. The minimum atomic E-state index is -3.52. The van der Waals surface area contributed by atoms with Gasteiger partial charge >= 0.3 is 13.6 Å². The van der Waals surface area contributed by atoms with Gasteiger partial charge in [-0.2, -0.15) is 0 Å². The Morgan fingerprint density at radius 1 is 1.20 bits per heavy atom. The summed E-state index contributed by atoms with van der Waals surface area (Å²) in [5.41, 5.74) is 0.620. The van der Waals surface area contributed by atoms with Crippen LogP contribution in [0.5, 0.6) is 0 Å². The molecule has 1 heterocycles. The number of oxime groups is 1. The van der Waals surface area contributed by atoms with Gasteiger partial charge in [-0.1, -0.05) is 47.6 Å². The number of hydrogen-bond donors (Lipinski definition) is 0. The maximum absolute atomic E-state index is 13.3. The van der Waals surface area contributed by atoms with Crippen molar-refractivity contribution in [2.45, 2.75) is 24.9 Å². The van der Waals surface area contributed by atoms with Crippen LogP contribution in [-0.4, -0.2) is 31.6 Å². The summed E-state index contributed by atoms with van der Waals surface area (Å²) in [7, 11) is -0.806. The molecular weight excluding hydrogens is 341 g/mol. The maximum atomic E-state index is 13.3. The van der Waals surface area contributed by atoms with Crippen LogP contribution in [0.4, 0.5) is 0 Å². The molecule has 0 saturated carbocycles. The van der Waals surface area contributed by atoms with Crippen molar-refractivity contribution in [3.8, 4) is 0 Å². The standard InChI is InChI=1S/C18H22NO5P/c1-22-25(21,23-2)17(14-11-7-4-8-12-14)15-16(19-24-18(15)20)13-9-5-3-6-10-13/h3-7,9-10,14-15,17H,8,11-12H2,1-2H3. The average molecular weight is 363 g/mol. The van der Waals surface area contributed by atoms with Crippen molar-refractivity contribution < 1.29 is 23.2 Å². The van der Waals surface area contributed by atoms with Crippen LogP contribution in [0.25, 0.3) is 0 Å². The number of nitrogens with zero attached hydrogens (tertiary/aromatic N) is 1. The van der Waals surface area contributed by atoms with E-state index in [4.69, 9.17) is 13.9 Å². The molecule has 0 radical (unpaired) electrons. The summed E-state index contributed by atoms with van der Waals surface area (Å²) in [4.78, 5) is 17.5. The Morgan fingerprint density at radius 3 is 2.52 bits per heavy atom. The van der Waals surface area contributed by atoms with Gasteiger partial charge in [0.1, 0.15) is 11.6 Å². The summed E-state index contributed by atoms with van der Waals surface area (Å²) in [6.45, 7) is 0. The Kier molecular flexibility index (Phi) is 5.52. The van der Waals surface area contributed by atoms with Gasteiger partial charge in [0.05, 0.1) is 5.66 Å². The van der Waals surface area contributed by atoms with Crippen molar-refractivity contribution in [3.63, 3.8) is 0 Å². The number of hydrogen-bond acceptors (Lipinski definition) is 6. The summed E-state index contributed by atoms with van der Waals surface area (Å²) < 4.78 is 23.9. The second kappa shape index (κ2) is 7.65. The number of carbonyl (C=O) groups is 1. The minimum absolute atomic E-state index is 0.0136. The molecule has 7 heteroatoms. The van der Waals surface area contributed by atoms with E-state index in [1.165, 1.54) is 14.2 Å². The normalized spacial score (nSPS) is 24.7. The molecule has 1 aromatic rings. The van der Waals surface area contributed by atoms with E-state index >= 15 is 0 Å². The Labute approximate surface area is 147 Å². The van der Waals surface area contributed by atoms with Crippen molar-refractivity contribution in [2.75, 3.05) is 14.2 Å². The lowest BCUT2D eigenvalue weighted by Gasteiger charge is -2.34. The number of allylic oxidation sites excluding steroid dienone is 2. The van der Waals surface area contributed by atoms with E-state index in [1.54, 1.807) is 0 Å². The second-order valence-corrected chi connectivity index (χ2v) is 8.58. The average Bonchev–Trinajstić information content (AvgIpc) is 3.04. The van der Waals surface area contributed by atoms with Gasteiger partial charge in [0.25, 0.3) is 0 Å². The molecule has 0 fully saturated rings. The van der Waals surface area contributed by atoms with Gasteiger partial charge in [-0.3, -0.25) is 4.57 Å². The third kappa shape index (κ3) is 3.47. The molecular formula is C18H22NO5P. The van der Waals surface area contributed by atoms with E-state index in [0.717, 1.165) is 18.4 Å². The van der Waals surface area contributed by atoms with Crippen LogP contribution in [0.1, 0.15) is 24.8 Å². The minimum Gasteiger partial charge on any atom is -0.317 e. The zero-order valence-electron chi connectivity index (χ0n) is 14.3. The van der Waals surface area contributed by atoms with Gasteiger partial charge in [0.2, 0.25) is 0 Å². The molecule has 25 heavy (non-hydrogen) atoms. The van der Waals surface area contributed by atoms with Crippen LogP contribution in [-0.2, 0) is 23.2 Å². The molecule has 0 spiro atoms. The molecule has 0 N–H and O–H groups in total. The predicted molar refractivity (Wildman–Crippen MR) is 94.5 cm³/mol. The first-order valence-corrected chi connectivity index (χ1v) is 9.92. The van der Waals surface area contributed by atoms with Crippen LogP contribution < -0.4 is 0 Å². The molecule has 1 aromatic carbocycles. The third-order valence-electron chi connectivity index (χ3n) is 4.86. The molecule has 0 aromatic heterocycles. The highest BCUT2D eigenvalue weighted by molar-refractivity contribution is 7.54.